The third kappa shape index (κ3) is 2.40. The molecule has 2 heterocycles. The van der Waals surface area contributed by atoms with Crippen LogP contribution in [0.15, 0.2) is 6.20 Å². The number of fused-ring (bicyclic) bond motifs is 1. The van der Waals surface area contributed by atoms with Crippen LogP contribution in [0.1, 0.15) is 36.9 Å². The number of ether oxygens (including phenoxy) is 1. The first kappa shape index (κ1) is 10.9. The van der Waals surface area contributed by atoms with Crippen LogP contribution in [0.2, 0.25) is 0 Å². The zero-order valence-electron chi connectivity index (χ0n) is 9.85. The molecule has 1 aliphatic heterocycles. The van der Waals surface area contributed by atoms with Crippen LogP contribution < -0.4 is 11.1 Å². The Bertz CT molecular complexity index is 401. The van der Waals surface area contributed by atoms with Crippen LogP contribution in [0.5, 0.6) is 0 Å². The smallest absolute Gasteiger partial charge is 0.223 e. The van der Waals surface area contributed by atoms with E-state index in [0.29, 0.717) is 25.3 Å². The fourth-order valence-electron chi connectivity index (χ4n) is 2.46. The summed E-state index contributed by atoms with van der Waals surface area (Å²) in [6, 6.07) is 0.845. The van der Waals surface area contributed by atoms with Gasteiger partial charge in [-0.3, -0.25) is 0 Å². The highest BCUT2D eigenvalue weighted by atomic mass is 16.5. The van der Waals surface area contributed by atoms with Gasteiger partial charge in [0.1, 0.15) is 0 Å². The van der Waals surface area contributed by atoms with Gasteiger partial charge in [-0.15, -0.1) is 0 Å². The second-order valence-corrected chi connectivity index (χ2v) is 4.91. The van der Waals surface area contributed by atoms with Gasteiger partial charge in [-0.25, -0.2) is 9.97 Å². The summed E-state index contributed by atoms with van der Waals surface area (Å²) < 4.78 is 5.33. The summed E-state index contributed by atoms with van der Waals surface area (Å²) in [7, 11) is 0. The van der Waals surface area contributed by atoms with E-state index in [0.717, 1.165) is 42.9 Å². The Balaban J connectivity index is 1.65. The van der Waals surface area contributed by atoms with Crippen molar-refractivity contribution in [2.75, 3.05) is 5.32 Å². The average molecular weight is 234 g/mol. The molecule has 2 aliphatic rings. The molecule has 0 radical (unpaired) electrons. The van der Waals surface area contributed by atoms with E-state index in [4.69, 9.17) is 10.5 Å². The highest BCUT2D eigenvalue weighted by Gasteiger charge is 2.20. The van der Waals surface area contributed by atoms with Crippen molar-refractivity contribution < 1.29 is 4.74 Å². The number of hydrogen-bond acceptors (Lipinski definition) is 5. The lowest BCUT2D eigenvalue weighted by molar-refractivity contribution is 0.133. The molecule has 0 amide bonds. The van der Waals surface area contributed by atoms with Crippen molar-refractivity contribution in [1.82, 2.24) is 9.97 Å². The van der Waals surface area contributed by atoms with Crippen LogP contribution in [0.4, 0.5) is 5.95 Å². The number of anilines is 1. The lowest BCUT2D eigenvalue weighted by atomic mass is 9.92. The van der Waals surface area contributed by atoms with Crippen molar-refractivity contribution in [2.45, 2.75) is 51.0 Å². The molecule has 0 atom stereocenters. The molecule has 0 bridgehead atoms. The van der Waals surface area contributed by atoms with Gasteiger partial charge in [0, 0.05) is 23.8 Å². The van der Waals surface area contributed by atoms with E-state index in [1.54, 1.807) is 0 Å². The minimum Gasteiger partial charge on any atom is -0.370 e. The molecule has 0 unspecified atom stereocenters. The molecule has 0 spiro atoms. The second kappa shape index (κ2) is 4.58. The van der Waals surface area contributed by atoms with Crippen LogP contribution in [-0.2, 0) is 18.0 Å². The Hall–Kier alpha value is -1.20. The molecule has 3 N–H and O–H groups in total. The van der Waals surface area contributed by atoms with Crippen LogP contribution in [0, 0.1) is 0 Å². The monoisotopic (exact) mass is 234 g/mol. The van der Waals surface area contributed by atoms with Crippen molar-refractivity contribution in [3.05, 3.63) is 17.5 Å². The van der Waals surface area contributed by atoms with Gasteiger partial charge in [-0.2, -0.15) is 0 Å². The number of aromatic nitrogens is 2. The van der Waals surface area contributed by atoms with Gasteiger partial charge in [0.05, 0.1) is 18.9 Å². The van der Waals surface area contributed by atoms with E-state index in [2.05, 4.69) is 15.3 Å². The first-order chi connectivity index (χ1) is 8.31. The Morgan fingerprint density at radius 1 is 1.24 bits per heavy atom. The highest BCUT2D eigenvalue weighted by molar-refractivity contribution is 5.31. The summed E-state index contributed by atoms with van der Waals surface area (Å²) in [4.78, 5) is 8.82. The molecule has 1 aromatic heterocycles. The molecule has 0 aromatic carbocycles. The minimum atomic E-state index is 0.377. The SMILES string of the molecule is NC1CCC(Nc2ncc3c(n2)COC3)CC1. The molecule has 17 heavy (non-hydrogen) atoms. The molecule has 5 heteroatoms. The molecule has 1 aliphatic carbocycles. The van der Waals surface area contributed by atoms with E-state index in [1.165, 1.54) is 0 Å². The summed E-state index contributed by atoms with van der Waals surface area (Å²) in [6.45, 7) is 1.26. The number of nitrogens with zero attached hydrogens (tertiary/aromatic N) is 2. The van der Waals surface area contributed by atoms with Gasteiger partial charge < -0.3 is 15.8 Å². The number of hydrogen-bond donors (Lipinski definition) is 2. The predicted octanol–water partition coefficient (Wildman–Crippen LogP) is 1.19. The molecule has 5 nitrogen and oxygen atoms in total. The Morgan fingerprint density at radius 2 is 2.06 bits per heavy atom. The van der Waals surface area contributed by atoms with E-state index >= 15 is 0 Å². The first-order valence-electron chi connectivity index (χ1n) is 6.26. The summed E-state index contributed by atoms with van der Waals surface area (Å²) in [5, 5.41) is 3.40. The number of nitrogens with two attached hydrogens (primary N) is 1. The molecule has 0 saturated heterocycles. The Kier molecular flexibility index (Phi) is 2.94. The summed E-state index contributed by atoms with van der Waals surface area (Å²) in [6.07, 6.45) is 6.26. The van der Waals surface area contributed by atoms with Gasteiger partial charge >= 0.3 is 0 Å². The molecule has 1 fully saturated rings. The first-order valence-corrected chi connectivity index (χ1v) is 6.26. The number of nitrogens with one attached hydrogen (secondary N) is 1. The molecule has 1 saturated carbocycles. The quantitative estimate of drug-likeness (QED) is 0.804. The third-order valence-electron chi connectivity index (χ3n) is 3.56. The Labute approximate surface area is 101 Å². The fourth-order valence-corrected chi connectivity index (χ4v) is 2.46. The Morgan fingerprint density at radius 3 is 2.88 bits per heavy atom. The second-order valence-electron chi connectivity index (χ2n) is 4.91. The van der Waals surface area contributed by atoms with E-state index in [-0.39, 0.29) is 0 Å². The molecule has 92 valence electrons. The van der Waals surface area contributed by atoms with Crippen molar-refractivity contribution >= 4 is 5.95 Å². The van der Waals surface area contributed by atoms with Gasteiger partial charge in [0.2, 0.25) is 5.95 Å². The minimum absolute atomic E-state index is 0.377. The van der Waals surface area contributed by atoms with Crippen molar-refractivity contribution in [1.29, 1.82) is 0 Å². The van der Waals surface area contributed by atoms with Crippen molar-refractivity contribution in [3.63, 3.8) is 0 Å². The summed E-state index contributed by atoms with van der Waals surface area (Å²) >= 11 is 0. The zero-order valence-corrected chi connectivity index (χ0v) is 9.85. The van der Waals surface area contributed by atoms with Gasteiger partial charge in [-0.1, -0.05) is 0 Å². The lowest BCUT2D eigenvalue weighted by Crippen LogP contribution is -2.33. The molecular formula is C12H18N4O. The highest BCUT2D eigenvalue weighted by Crippen LogP contribution is 2.22. The van der Waals surface area contributed by atoms with Crippen LogP contribution in [-0.4, -0.2) is 22.1 Å². The van der Waals surface area contributed by atoms with Crippen molar-refractivity contribution in [2.24, 2.45) is 5.73 Å². The van der Waals surface area contributed by atoms with Crippen LogP contribution >= 0.6 is 0 Å². The van der Waals surface area contributed by atoms with Gasteiger partial charge in [0.15, 0.2) is 0 Å². The van der Waals surface area contributed by atoms with Crippen LogP contribution in [0.3, 0.4) is 0 Å². The van der Waals surface area contributed by atoms with Gasteiger partial charge in [-0.05, 0) is 25.7 Å². The maximum atomic E-state index is 5.89. The predicted molar refractivity (Wildman–Crippen MR) is 64.4 cm³/mol. The topological polar surface area (TPSA) is 73.1 Å². The average Bonchev–Trinajstić information content (AvgIpc) is 2.79. The van der Waals surface area contributed by atoms with Crippen LogP contribution in [0.25, 0.3) is 0 Å². The maximum absolute atomic E-state index is 5.89. The third-order valence-corrected chi connectivity index (χ3v) is 3.56. The zero-order chi connectivity index (χ0) is 11.7. The largest absolute Gasteiger partial charge is 0.370 e. The van der Waals surface area contributed by atoms with Crippen molar-refractivity contribution in [3.8, 4) is 0 Å². The van der Waals surface area contributed by atoms with E-state index in [1.807, 2.05) is 6.20 Å². The number of rotatable bonds is 2. The lowest BCUT2D eigenvalue weighted by Gasteiger charge is -2.26. The standard InChI is InChI=1S/C12H18N4O/c13-9-1-3-10(4-2-9)15-12-14-5-8-6-17-7-11(8)16-12/h5,9-10H,1-4,6-7,13H2,(H,14,15,16). The molecule has 3 rings (SSSR count). The molecular weight excluding hydrogens is 216 g/mol. The normalized spacial score (nSPS) is 27.8. The molecule has 1 aromatic rings. The van der Waals surface area contributed by atoms with E-state index in [9.17, 15) is 0 Å². The van der Waals surface area contributed by atoms with E-state index < -0.39 is 0 Å². The summed E-state index contributed by atoms with van der Waals surface area (Å²) in [5.41, 5.74) is 8.02. The maximum Gasteiger partial charge on any atom is 0.223 e. The summed E-state index contributed by atoms with van der Waals surface area (Å²) in [5.74, 6) is 0.731. The van der Waals surface area contributed by atoms with Gasteiger partial charge in [0.25, 0.3) is 0 Å². The fraction of sp³-hybridized carbons (Fsp3) is 0.667.